The Balaban J connectivity index is 1.77. The molecule has 2 rings (SSSR count). The Morgan fingerprint density at radius 3 is 2.90 bits per heavy atom. The van der Waals surface area contributed by atoms with Crippen molar-refractivity contribution in [3.8, 4) is 5.88 Å². The van der Waals surface area contributed by atoms with E-state index in [2.05, 4.69) is 31.0 Å². The van der Waals surface area contributed by atoms with Crippen molar-refractivity contribution < 1.29 is 14.2 Å². The molecule has 1 aromatic rings. The Hall–Kier alpha value is -1.07. The summed E-state index contributed by atoms with van der Waals surface area (Å²) in [6.07, 6.45) is 3.26. The summed E-state index contributed by atoms with van der Waals surface area (Å²) >= 11 is 0. The molecule has 1 aliphatic rings. The Bertz CT molecular complexity index is 420. The van der Waals surface area contributed by atoms with Crippen molar-refractivity contribution in [2.24, 2.45) is 0 Å². The van der Waals surface area contributed by atoms with Gasteiger partial charge in [0.25, 0.3) is 0 Å². The monoisotopic (exact) mass is 277 g/mol. The Labute approximate surface area is 122 Å². The van der Waals surface area contributed by atoms with Gasteiger partial charge < -0.3 is 14.2 Å². The molecule has 0 N–H and O–H groups in total. The van der Waals surface area contributed by atoms with Crippen LogP contribution in [0.4, 0.5) is 0 Å². The van der Waals surface area contributed by atoms with Gasteiger partial charge >= 0.3 is 0 Å². The topological polar surface area (TPSA) is 40.6 Å². The molecular weight excluding hydrogens is 253 g/mol. The summed E-state index contributed by atoms with van der Waals surface area (Å²) in [6, 6.07) is 4.11. The van der Waals surface area contributed by atoms with Gasteiger partial charge in [-0.15, -0.1) is 0 Å². The van der Waals surface area contributed by atoms with Crippen molar-refractivity contribution in [3.05, 3.63) is 17.8 Å². The summed E-state index contributed by atoms with van der Waals surface area (Å²) in [6.45, 7) is 6.12. The maximum Gasteiger partial charge on any atom is 0.206 e. The van der Waals surface area contributed by atoms with Crippen LogP contribution in [0.3, 0.4) is 0 Å². The third-order valence-corrected chi connectivity index (χ3v) is 3.43. The van der Waals surface area contributed by atoms with E-state index < -0.39 is 0 Å². The number of rotatable bonds is 6. The van der Waals surface area contributed by atoms with Crippen LogP contribution in [0.2, 0.25) is 0 Å². The van der Waals surface area contributed by atoms with E-state index in [-0.39, 0.29) is 6.29 Å². The lowest BCUT2D eigenvalue weighted by molar-refractivity contribution is -0.165. The van der Waals surface area contributed by atoms with Gasteiger partial charge in [-0.25, -0.2) is 4.98 Å². The highest BCUT2D eigenvalue weighted by molar-refractivity contribution is 6.33. The molecule has 1 aromatic heterocycles. The first-order valence-corrected chi connectivity index (χ1v) is 7.50. The zero-order valence-corrected chi connectivity index (χ0v) is 12.7. The fourth-order valence-corrected chi connectivity index (χ4v) is 2.15. The van der Waals surface area contributed by atoms with Crippen LogP contribution in [0, 0.1) is 0 Å². The molecule has 1 unspecified atom stereocenters. The molecule has 0 bridgehead atoms. The maximum absolute atomic E-state index is 5.73. The quantitative estimate of drug-likeness (QED) is 0.582. The van der Waals surface area contributed by atoms with Gasteiger partial charge in [0, 0.05) is 12.3 Å². The van der Waals surface area contributed by atoms with Gasteiger partial charge in [0.15, 0.2) is 6.29 Å². The average Bonchev–Trinajstić information content (AvgIpc) is 2.46. The first kappa shape index (κ1) is 15.3. The Morgan fingerprint density at radius 2 is 2.20 bits per heavy atom. The second kappa shape index (κ2) is 7.65. The molecule has 1 saturated heterocycles. The van der Waals surface area contributed by atoms with E-state index in [0.717, 1.165) is 30.6 Å². The second-order valence-electron chi connectivity index (χ2n) is 5.53. The Morgan fingerprint density at radius 1 is 1.35 bits per heavy atom. The molecule has 5 heteroatoms. The minimum Gasteiger partial charge on any atom is -0.476 e. The standard InChI is InChI=1S/C15H24BNO3/c1-11(2)13-7-6-12(16)15(17-13)20-10-9-19-14-5-3-4-8-18-14/h6-7,11,14H,3-5,8-10,16H2,1-2H3. The third-order valence-electron chi connectivity index (χ3n) is 3.43. The number of ether oxygens (including phenoxy) is 3. The lowest BCUT2D eigenvalue weighted by Gasteiger charge is -2.22. The summed E-state index contributed by atoms with van der Waals surface area (Å²) in [5, 5.41) is 0. The molecule has 0 aliphatic carbocycles. The van der Waals surface area contributed by atoms with Crippen molar-refractivity contribution in [3.63, 3.8) is 0 Å². The lowest BCUT2D eigenvalue weighted by atomic mass is 9.96. The molecule has 0 spiro atoms. The summed E-state index contributed by atoms with van der Waals surface area (Å²) < 4.78 is 16.9. The van der Waals surface area contributed by atoms with Crippen molar-refractivity contribution in [1.29, 1.82) is 0 Å². The number of hydrogen-bond acceptors (Lipinski definition) is 4. The zero-order valence-electron chi connectivity index (χ0n) is 12.7. The number of nitrogens with zero attached hydrogens (tertiary/aromatic N) is 1. The molecule has 20 heavy (non-hydrogen) atoms. The first-order chi connectivity index (χ1) is 9.66. The van der Waals surface area contributed by atoms with Crippen molar-refractivity contribution in [2.75, 3.05) is 19.8 Å². The molecule has 0 aromatic carbocycles. The van der Waals surface area contributed by atoms with E-state index in [0.29, 0.717) is 25.0 Å². The van der Waals surface area contributed by atoms with Gasteiger partial charge in [0.05, 0.1) is 6.61 Å². The van der Waals surface area contributed by atoms with E-state index in [1.807, 2.05) is 7.85 Å². The van der Waals surface area contributed by atoms with Crippen LogP contribution < -0.4 is 10.2 Å². The maximum atomic E-state index is 5.73. The van der Waals surface area contributed by atoms with E-state index in [1.165, 1.54) is 6.42 Å². The molecule has 0 saturated carbocycles. The van der Waals surface area contributed by atoms with Gasteiger partial charge in [-0.3, -0.25) is 0 Å². The minimum atomic E-state index is -0.0524. The van der Waals surface area contributed by atoms with Crippen LogP contribution in [-0.4, -0.2) is 38.9 Å². The molecule has 1 fully saturated rings. The molecule has 2 heterocycles. The predicted octanol–water partition coefficient (Wildman–Crippen LogP) is 1.39. The van der Waals surface area contributed by atoms with Crippen molar-refractivity contribution >= 4 is 13.3 Å². The molecule has 1 atom stereocenters. The van der Waals surface area contributed by atoms with Crippen molar-refractivity contribution in [1.82, 2.24) is 4.98 Å². The number of pyridine rings is 1. The normalized spacial score (nSPS) is 19.2. The third kappa shape index (κ3) is 4.49. The summed E-state index contributed by atoms with van der Waals surface area (Å²) in [4.78, 5) is 4.55. The van der Waals surface area contributed by atoms with E-state index >= 15 is 0 Å². The van der Waals surface area contributed by atoms with Crippen LogP contribution in [0.15, 0.2) is 12.1 Å². The summed E-state index contributed by atoms with van der Waals surface area (Å²) in [7, 11) is 2.01. The van der Waals surface area contributed by atoms with Crippen molar-refractivity contribution in [2.45, 2.75) is 45.3 Å². The van der Waals surface area contributed by atoms with Gasteiger partial charge in [0.1, 0.15) is 14.5 Å². The van der Waals surface area contributed by atoms with Gasteiger partial charge in [-0.05, 0) is 36.7 Å². The molecule has 110 valence electrons. The predicted molar refractivity (Wildman–Crippen MR) is 81.5 cm³/mol. The molecular formula is C15H24BNO3. The number of aromatic nitrogens is 1. The molecule has 1 aliphatic heterocycles. The highest BCUT2D eigenvalue weighted by Crippen LogP contribution is 2.15. The van der Waals surface area contributed by atoms with Gasteiger partial charge in [0.2, 0.25) is 5.88 Å². The van der Waals surface area contributed by atoms with Gasteiger partial charge in [-0.2, -0.15) is 0 Å². The minimum absolute atomic E-state index is 0.0524. The van der Waals surface area contributed by atoms with Crippen LogP contribution in [0.25, 0.3) is 0 Å². The average molecular weight is 277 g/mol. The van der Waals surface area contributed by atoms with Gasteiger partial charge in [-0.1, -0.05) is 19.9 Å². The van der Waals surface area contributed by atoms with E-state index in [9.17, 15) is 0 Å². The fraction of sp³-hybridized carbons (Fsp3) is 0.667. The SMILES string of the molecule is Bc1ccc(C(C)C)nc1OCCOC1CCCCO1. The zero-order chi connectivity index (χ0) is 14.4. The van der Waals surface area contributed by atoms with Crippen LogP contribution >= 0.6 is 0 Å². The molecule has 0 radical (unpaired) electrons. The largest absolute Gasteiger partial charge is 0.476 e. The summed E-state index contributed by atoms with van der Waals surface area (Å²) in [5.74, 6) is 1.12. The second-order valence-corrected chi connectivity index (χ2v) is 5.53. The van der Waals surface area contributed by atoms with Crippen LogP contribution in [-0.2, 0) is 9.47 Å². The van der Waals surface area contributed by atoms with E-state index in [1.54, 1.807) is 0 Å². The Kier molecular flexibility index (Phi) is 5.86. The van der Waals surface area contributed by atoms with E-state index in [4.69, 9.17) is 14.2 Å². The van der Waals surface area contributed by atoms with Crippen LogP contribution in [0.1, 0.15) is 44.7 Å². The number of hydrogen-bond donors (Lipinski definition) is 0. The van der Waals surface area contributed by atoms with Crippen LogP contribution in [0.5, 0.6) is 5.88 Å². The lowest BCUT2D eigenvalue weighted by Crippen LogP contribution is -2.25. The molecule has 0 amide bonds. The molecule has 4 nitrogen and oxygen atoms in total. The fourth-order valence-electron chi connectivity index (χ4n) is 2.15. The highest BCUT2D eigenvalue weighted by atomic mass is 16.7. The smallest absolute Gasteiger partial charge is 0.206 e. The first-order valence-electron chi connectivity index (χ1n) is 7.50. The highest BCUT2D eigenvalue weighted by Gasteiger charge is 2.14. The summed E-state index contributed by atoms with van der Waals surface area (Å²) in [5.41, 5.74) is 2.12.